The molecule has 0 aromatic heterocycles. The van der Waals surface area contributed by atoms with Crippen molar-refractivity contribution in [1.29, 1.82) is 0 Å². The molecule has 0 radical (unpaired) electrons. The lowest BCUT2D eigenvalue weighted by molar-refractivity contribution is 0.0735. The van der Waals surface area contributed by atoms with Gasteiger partial charge in [0.1, 0.15) is 5.75 Å². The Morgan fingerprint density at radius 3 is 2.29 bits per heavy atom. The number of ether oxygens (including phenoxy) is 1. The second-order valence-electron chi connectivity index (χ2n) is 8.41. The van der Waals surface area contributed by atoms with Crippen molar-refractivity contribution in [3.05, 3.63) is 59.7 Å². The third kappa shape index (κ3) is 4.34. The van der Waals surface area contributed by atoms with Crippen molar-refractivity contribution >= 4 is 15.9 Å². The third-order valence-electron chi connectivity index (χ3n) is 6.46. The third-order valence-corrected chi connectivity index (χ3v) is 8.49. The van der Waals surface area contributed by atoms with Crippen LogP contribution < -0.4 is 4.74 Å². The quantitative estimate of drug-likeness (QED) is 0.695. The molecule has 0 spiro atoms. The van der Waals surface area contributed by atoms with Crippen LogP contribution in [0.2, 0.25) is 0 Å². The van der Waals surface area contributed by atoms with E-state index in [0.717, 1.165) is 43.4 Å². The molecule has 0 aliphatic carbocycles. The maximum absolute atomic E-state index is 13.2. The fraction of sp³-hybridized carbons (Fsp3) is 0.458. The number of carbonyl (C=O) groups excluding carboxylic acids is 1. The van der Waals surface area contributed by atoms with Gasteiger partial charge in [0.05, 0.1) is 18.0 Å². The van der Waals surface area contributed by atoms with Gasteiger partial charge in [0.15, 0.2) is 0 Å². The Morgan fingerprint density at radius 2 is 1.65 bits per heavy atom. The van der Waals surface area contributed by atoms with Crippen molar-refractivity contribution in [1.82, 2.24) is 9.21 Å². The second-order valence-corrected chi connectivity index (χ2v) is 10.3. The average Bonchev–Trinajstić information content (AvgIpc) is 3.29. The molecule has 1 amide bonds. The highest BCUT2D eigenvalue weighted by Crippen LogP contribution is 2.34. The standard InChI is InChI=1S/C24H30N2O4S/c1-18-6-3-4-17-26(18)31(28,29)22-14-10-20(11-15-22)24(27)25-16-5-7-23(25)19-8-12-21(30-2)13-9-19/h8-15,18,23H,3-7,16-17H2,1-2H3/t18-,23+/m1/s1. The van der Waals surface area contributed by atoms with Gasteiger partial charge in [-0.05, 0) is 74.6 Å². The number of methoxy groups -OCH3 is 1. The van der Waals surface area contributed by atoms with E-state index in [1.807, 2.05) is 36.1 Å². The molecular weight excluding hydrogens is 412 g/mol. The lowest BCUT2D eigenvalue weighted by atomic mass is 10.0. The SMILES string of the molecule is COc1ccc([C@@H]2CCCN2C(=O)c2ccc(S(=O)(=O)N3CCCC[C@H]3C)cc2)cc1. The van der Waals surface area contributed by atoms with Gasteiger partial charge in [0.2, 0.25) is 10.0 Å². The molecular formula is C24H30N2O4S. The molecule has 2 aromatic rings. The van der Waals surface area contributed by atoms with Crippen molar-refractivity contribution in [3.63, 3.8) is 0 Å². The van der Waals surface area contributed by atoms with Crippen molar-refractivity contribution in [2.24, 2.45) is 0 Å². The number of hydrogen-bond donors (Lipinski definition) is 0. The number of sulfonamides is 1. The molecule has 7 heteroatoms. The van der Waals surface area contributed by atoms with Crippen molar-refractivity contribution in [2.45, 2.75) is 56.0 Å². The molecule has 166 valence electrons. The zero-order valence-corrected chi connectivity index (χ0v) is 19.0. The minimum atomic E-state index is -3.54. The summed E-state index contributed by atoms with van der Waals surface area (Å²) in [6.07, 6.45) is 4.70. The Balaban J connectivity index is 1.52. The minimum absolute atomic E-state index is 0.00918. The summed E-state index contributed by atoms with van der Waals surface area (Å²) in [5.41, 5.74) is 1.61. The van der Waals surface area contributed by atoms with Crippen molar-refractivity contribution in [2.75, 3.05) is 20.2 Å². The highest BCUT2D eigenvalue weighted by atomic mass is 32.2. The van der Waals surface area contributed by atoms with Crippen molar-refractivity contribution in [3.8, 4) is 5.75 Å². The molecule has 4 rings (SSSR count). The lowest BCUT2D eigenvalue weighted by Crippen LogP contribution is -2.41. The summed E-state index contributed by atoms with van der Waals surface area (Å²) in [4.78, 5) is 15.4. The number of benzene rings is 2. The molecule has 2 aliphatic heterocycles. The van der Waals surface area contributed by atoms with Crippen LogP contribution in [0.5, 0.6) is 5.75 Å². The number of amides is 1. The predicted octanol–water partition coefficient (Wildman–Crippen LogP) is 4.24. The van der Waals surface area contributed by atoms with Crippen LogP contribution in [0.15, 0.2) is 53.4 Å². The molecule has 0 saturated carbocycles. The summed E-state index contributed by atoms with van der Waals surface area (Å²) in [5.74, 6) is 0.730. The molecule has 2 atom stereocenters. The van der Waals surface area contributed by atoms with E-state index in [4.69, 9.17) is 4.74 Å². The highest BCUT2D eigenvalue weighted by molar-refractivity contribution is 7.89. The molecule has 2 heterocycles. The maximum atomic E-state index is 13.2. The number of rotatable bonds is 5. The maximum Gasteiger partial charge on any atom is 0.254 e. The smallest absolute Gasteiger partial charge is 0.254 e. The molecule has 2 fully saturated rings. The van der Waals surface area contributed by atoms with E-state index in [1.54, 1.807) is 35.7 Å². The molecule has 6 nitrogen and oxygen atoms in total. The van der Waals surface area contributed by atoms with Crippen LogP contribution in [0.1, 0.15) is 61.0 Å². The number of hydrogen-bond acceptors (Lipinski definition) is 4. The summed E-state index contributed by atoms with van der Waals surface area (Å²) in [6, 6.07) is 14.3. The average molecular weight is 443 g/mol. The Morgan fingerprint density at radius 1 is 0.935 bits per heavy atom. The number of nitrogens with zero attached hydrogens (tertiary/aromatic N) is 2. The van der Waals surface area contributed by atoms with Crippen LogP contribution >= 0.6 is 0 Å². The monoisotopic (exact) mass is 442 g/mol. The topological polar surface area (TPSA) is 66.9 Å². The zero-order valence-electron chi connectivity index (χ0n) is 18.2. The first-order chi connectivity index (χ1) is 14.9. The first-order valence-electron chi connectivity index (χ1n) is 11.0. The Kier molecular flexibility index (Phi) is 6.34. The number of carbonyl (C=O) groups is 1. The Hall–Kier alpha value is -2.38. The van der Waals surface area contributed by atoms with E-state index >= 15 is 0 Å². The highest BCUT2D eigenvalue weighted by Gasteiger charge is 2.33. The van der Waals surface area contributed by atoms with Crippen LogP contribution in [0.4, 0.5) is 0 Å². The molecule has 0 N–H and O–H groups in total. The van der Waals surface area contributed by atoms with Crippen LogP contribution in [-0.2, 0) is 10.0 Å². The molecule has 2 aliphatic rings. The van der Waals surface area contributed by atoms with Gasteiger partial charge in [-0.1, -0.05) is 18.6 Å². The Labute approximate surface area is 184 Å². The summed E-state index contributed by atoms with van der Waals surface area (Å²) in [6.45, 7) is 3.21. The van der Waals surface area contributed by atoms with Gasteiger partial charge in [-0.15, -0.1) is 0 Å². The first-order valence-corrected chi connectivity index (χ1v) is 12.4. The largest absolute Gasteiger partial charge is 0.497 e. The number of likely N-dealkylation sites (tertiary alicyclic amines) is 1. The summed E-state index contributed by atoms with van der Waals surface area (Å²) in [7, 11) is -1.90. The van der Waals surface area contributed by atoms with Gasteiger partial charge in [-0.2, -0.15) is 4.31 Å². The van der Waals surface area contributed by atoms with E-state index < -0.39 is 10.0 Å². The van der Waals surface area contributed by atoms with Crippen LogP contribution in [0.3, 0.4) is 0 Å². The summed E-state index contributed by atoms with van der Waals surface area (Å²) in [5, 5.41) is 0. The number of piperidine rings is 1. The normalized spacial score (nSPS) is 22.5. The summed E-state index contributed by atoms with van der Waals surface area (Å²) < 4.78 is 32.9. The molecule has 2 aromatic carbocycles. The van der Waals surface area contributed by atoms with Gasteiger partial charge in [-0.3, -0.25) is 4.79 Å². The molecule has 0 unspecified atom stereocenters. The Bertz CT molecular complexity index is 1020. The summed E-state index contributed by atoms with van der Waals surface area (Å²) >= 11 is 0. The van der Waals surface area contributed by atoms with Crippen LogP contribution in [0.25, 0.3) is 0 Å². The van der Waals surface area contributed by atoms with E-state index in [-0.39, 0.29) is 22.9 Å². The molecule has 0 bridgehead atoms. The van der Waals surface area contributed by atoms with E-state index in [9.17, 15) is 13.2 Å². The van der Waals surface area contributed by atoms with Gasteiger partial charge in [0.25, 0.3) is 5.91 Å². The predicted molar refractivity (Wildman–Crippen MR) is 120 cm³/mol. The first kappa shape index (κ1) is 21.8. The van der Waals surface area contributed by atoms with Crippen molar-refractivity contribution < 1.29 is 17.9 Å². The fourth-order valence-electron chi connectivity index (χ4n) is 4.68. The van der Waals surface area contributed by atoms with Crippen LogP contribution in [-0.4, -0.2) is 49.8 Å². The van der Waals surface area contributed by atoms with Gasteiger partial charge in [-0.25, -0.2) is 8.42 Å². The lowest BCUT2D eigenvalue weighted by Gasteiger charge is -2.32. The van der Waals surface area contributed by atoms with Crippen LogP contribution in [0, 0.1) is 0 Å². The fourth-order valence-corrected chi connectivity index (χ4v) is 6.38. The van der Waals surface area contributed by atoms with E-state index in [2.05, 4.69) is 0 Å². The van der Waals surface area contributed by atoms with Gasteiger partial charge >= 0.3 is 0 Å². The minimum Gasteiger partial charge on any atom is -0.497 e. The molecule has 31 heavy (non-hydrogen) atoms. The van der Waals surface area contributed by atoms with Gasteiger partial charge in [0, 0.05) is 24.7 Å². The van der Waals surface area contributed by atoms with E-state index in [0.29, 0.717) is 18.7 Å². The zero-order chi connectivity index (χ0) is 22.0. The van der Waals surface area contributed by atoms with Gasteiger partial charge < -0.3 is 9.64 Å². The van der Waals surface area contributed by atoms with E-state index in [1.165, 1.54) is 0 Å². The second kappa shape index (κ2) is 9.01. The molecule has 2 saturated heterocycles.